The Morgan fingerprint density at radius 3 is 2.92 bits per heavy atom. The molecule has 0 aliphatic carbocycles. The summed E-state index contributed by atoms with van der Waals surface area (Å²) >= 11 is 0. The minimum atomic E-state index is 0.117. The number of ether oxygens (including phenoxy) is 1. The Labute approximate surface area is 73.4 Å². The van der Waals surface area contributed by atoms with E-state index in [4.69, 9.17) is 4.74 Å². The maximum Gasteiger partial charge on any atom is 0.166 e. The highest BCUT2D eigenvalue weighted by Gasteiger charge is 2.03. The van der Waals surface area contributed by atoms with Crippen molar-refractivity contribution < 1.29 is 9.84 Å². The molecule has 0 fully saturated rings. The molecule has 0 saturated carbocycles. The zero-order valence-corrected chi connectivity index (χ0v) is 7.84. The summed E-state index contributed by atoms with van der Waals surface area (Å²) in [7, 11) is 3.71. The van der Waals surface area contributed by atoms with Crippen molar-refractivity contribution in [3.63, 3.8) is 0 Å². The van der Waals surface area contributed by atoms with Gasteiger partial charge in [-0.05, 0) is 21.5 Å². The topological polar surface area (TPSA) is 41.8 Å². The number of hydrogen-bond donors (Lipinski definition) is 1. The summed E-state index contributed by atoms with van der Waals surface area (Å²) in [5, 5.41) is 9.49. The maximum atomic E-state index is 9.49. The van der Waals surface area contributed by atoms with Gasteiger partial charge in [0.2, 0.25) is 0 Å². The third-order valence-electron chi connectivity index (χ3n) is 1.46. The van der Waals surface area contributed by atoms with Crippen LogP contribution in [0.3, 0.4) is 0 Å². The van der Waals surface area contributed by atoms with E-state index >= 15 is 0 Å². The molecule has 0 spiro atoms. The highest BCUT2D eigenvalue weighted by molar-refractivity contribution is 7.15. The van der Waals surface area contributed by atoms with E-state index in [2.05, 4.69) is 14.2 Å². The summed E-state index contributed by atoms with van der Waals surface area (Å²) in [5.74, 6) is 0.573. The second-order valence-corrected chi connectivity index (χ2v) is 2.47. The van der Waals surface area contributed by atoms with Gasteiger partial charge in [-0.1, -0.05) is 6.07 Å². The minimum Gasteiger partial charge on any atom is -0.504 e. The zero-order valence-electron chi connectivity index (χ0n) is 6.69. The number of rotatable bonds is 2. The lowest BCUT2D eigenvalue weighted by atomic mass is 10.2. The predicted molar refractivity (Wildman–Crippen MR) is 52.0 cm³/mol. The van der Waals surface area contributed by atoms with E-state index in [-0.39, 0.29) is 5.75 Å². The lowest BCUT2D eigenvalue weighted by Gasteiger charge is -2.04. The van der Waals surface area contributed by atoms with E-state index in [0.29, 0.717) is 11.3 Å². The molecule has 1 N–H and O–H groups in total. The van der Waals surface area contributed by atoms with Crippen molar-refractivity contribution in [2.24, 2.45) is 4.76 Å². The van der Waals surface area contributed by atoms with E-state index in [1.807, 2.05) is 0 Å². The number of hydrogen-bond acceptors (Lipinski definition) is 3. The highest BCUT2D eigenvalue weighted by Crippen LogP contribution is 2.27. The van der Waals surface area contributed by atoms with Crippen LogP contribution in [0, 0.1) is 0 Å². The normalized spacial score (nSPS) is 10.5. The lowest BCUT2D eigenvalue weighted by molar-refractivity contribution is 0.373. The third kappa shape index (κ3) is 1.74. The zero-order chi connectivity index (χ0) is 8.97. The number of aromatic hydroxyl groups is 1. The molecule has 3 nitrogen and oxygen atoms in total. The Kier molecular flexibility index (Phi) is 3.06. The van der Waals surface area contributed by atoms with Crippen LogP contribution in [0.15, 0.2) is 23.0 Å². The van der Waals surface area contributed by atoms with Crippen molar-refractivity contribution in [1.29, 1.82) is 0 Å². The Balaban J connectivity index is 3.13. The number of methoxy groups -OCH3 is 1. The quantitative estimate of drug-likeness (QED) is 0.559. The fourth-order valence-electron chi connectivity index (χ4n) is 0.888. The molecular weight excluding hydrogens is 173 g/mol. The maximum absolute atomic E-state index is 9.49. The average molecular weight is 183 g/mol. The number of phenols is 1. The molecule has 0 aromatic heterocycles. The van der Waals surface area contributed by atoms with Gasteiger partial charge in [0, 0.05) is 11.8 Å². The van der Waals surface area contributed by atoms with Crippen molar-refractivity contribution in [1.82, 2.24) is 0 Å². The number of para-hydroxylation sites is 1. The molecule has 0 radical (unpaired) electrons. The van der Waals surface area contributed by atoms with E-state index in [9.17, 15) is 5.11 Å². The van der Waals surface area contributed by atoms with Crippen LogP contribution in [0.25, 0.3) is 0 Å². The number of phenolic OH excluding ortho intramolecular Hbond substituents is 1. The molecule has 0 aliphatic rings. The van der Waals surface area contributed by atoms with Crippen LogP contribution in [-0.2, 0) is 0 Å². The highest BCUT2D eigenvalue weighted by atomic mass is 31.0. The van der Waals surface area contributed by atoms with Crippen LogP contribution >= 0.6 is 9.39 Å². The van der Waals surface area contributed by atoms with E-state index < -0.39 is 0 Å². The molecule has 1 aromatic carbocycles. The first-order chi connectivity index (χ1) is 5.79. The Hall–Kier alpha value is -1.08. The van der Waals surface area contributed by atoms with Gasteiger partial charge < -0.3 is 9.84 Å². The Bertz CT molecular complexity index is 299. The second-order valence-electron chi connectivity index (χ2n) is 2.18. The van der Waals surface area contributed by atoms with Crippen LogP contribution < -0.4 is 4.74 Å². The molecule has 0 saturated heterocycles. The van der Waals surface area contributed by atoms with Crippen molar-refractivity contribution >= 4 is 15.6 Å². The third-order valence-corrected chi connectivity index (χ3v) is 1.61. The molecule has 1 atom stereocenters. The number of benzene rings is 1. The molecule has 0 bridgehead atoms. The monoisotopic (exact) mass is 183 g/mol. The van der Waals surface area contributed by atoms with Crippen LogP contribution in [-0.4, -0.2) is 18.4 Å². The summed E-state index contributed by atoms with van der Waals surface area (Å²) in [6.45, 7) is 0. The van der Waals surface area contributed by atoms with Crippen LogP contribution in [0.1, 0.15) is 5.56 Å². The van der Waals surface area contributed by atoms with Gasteiger partial charge in [-0.3, -0.25) is 4.76 Å². The summed E-state index contributed by atoms with van der Waals surface area (Å²) < 4.78 is 8.63. The van der Waals surface area contributed by atoms with Crippen LogP contribution in [0.5, 0.6) is 11.5 Å². The summed E-state index contributed by atoms with van der Waals surface area (Å²) in [6, 6.07) is 5.24. The van der Waals surface area contributed by atoms with Gasteiger partial charge in [0.15, 0.2) is 11.5 Å². The van der Waals surface area contributed by atoms with Gasteiger partial charge in [0.1, 0.15) is 0 Å². The van der Waals surface area contributed by atoms with E-state index in [1.165, 1.54) is 7.11 Å². The largest absolute Gasteiger partial charge is 0.504 e. The van der Waals surface area contributed by atoms with Gasteiger partial charge in [-0.2, -0.15) is 0 Å². The average Bonchev–Trinajstić information content (AvgIpc) is 2.09. The fourth-order valence-corrected chi connectivity index (χ4v) is 1.05. The molecule has 12 heavy (non-hydrogen) atoms. The molecule has 1 unspecified atom stereocenters. The Morgan fingerprint density at radius 2 is 2.33 bits per heavy atom. The summed E-state index contributed by atoms with van der Waals surface area (Å²) in [4.78, 5) is 0. The van der Waals surface area contributed by atoms with Crippen LogP contribution in [0.2, 0.25) is 0 Å². The van der Waals surface area contributed by atoms with Crippen molar-refractivity contribution in [2.45, 2.75) is 0 Å². The van der Waals surface area contributed by atoms with Gasteiger partial charge >= 0.3 is 0 Å². The smallest absolute Gasteiger partial charge is 0.166 e. The van der Waals surface area contributed by atoms with Crippen molar-refractivity contribution in [3.05, 3.63) is 23.8 Å². The number of nitrogens with zero attached hydrogens (tertiary/aromatic N) is 1. The SMILES string of the molecule is COc1cccc(/C=N/P)c1O. The molecule has 4 heteroatoms. The predicted octanol–water partition coefficient (Wildman–Crippen LogP) is 1.61. The van der Waals surface area contributed by atoms with Gasteiger partial charge in [0.25, 0.3) is 0 Å². The first kappa shape index (κ1) is 9.01. The van der Waals surface area contributed by atoms with E-state index in [0.717, 1.165) is 0 Å². The second kappa shape index (κ2) is 4.07. The first-order valence-electron chi connectivity index (χ1n) is 3.39. The van der Waals surface area contributed by atoms with Gasteiger partial charge in [0.05, 0.1) is 7.11 Å². The summed E-state index contributed by atoms with van der Waals surface area (Å²) in [5.41, 5.74) is 0.643. The van der Waals surface area contributed by atoms with Gasteiger partial charge in [-0.15, -0.1) is 0 Å². The standard InChI is InChI=1S/C8H10NO2P/c1-11-7-4-2-3-6(5-9-12)8(7)10/h2-5,10H,12H2,1H3/b9-5+. The summed E-state index contributed by atoms with van der Waals surface area (Å²) in [6.07, 6.45) is 1.54. The lowest BCUT2D eigenvalue weighted by Crippen LogP contribution is -1.87. The fraction of sp³-hybridized carbons (Fsp3) is 0.125. The molecule has 0 amide bonds. The minimum absolute atomic E-state index is 0.117. The Morgan fingerprint density at radius 1 is 1.58 bits per heavy atom. The first-order valence-corrected chi connectivity index (χ1v) is 3.90. The van der Waals surface area contributed by atoms with Crippen molar-refractivity contribution in [2.75, 3.05) is 7.11 Å². The van der Waals surface area contributed by atoms with Gasteiger partial charge in [-0.25, -0.2) is 0 Å². The molecule has 0 heterocycles. The van der Waals surface area contributed by atoms with Crippen LogP contribution in [0.4, 0.5) is 0 Å². The molecule has 1 aromatic rings. The molecule has 64 valence electrons. The van der Waals surface area contributed by atoms with Crippen molar-refractivity contribution in [3.8, 4) is 11.5 Å². The van der Waals surface area contributed by atoms with E-state index in [1.54, 1.807) is 24.4 Å². The molecule has 0 aliphatic heterocycles. The molecular formula is C8H10NO2P. The molecule has 1 rings (SSSR count).